The Morgan fingerprint density at radius 2 is 2.09 bits per heavy atom. The molecule has 0 N–H and O–H groups in total. The molecule has 4 rings (SSSR count). The van der Waals surface area contributed by atoms with E-state index in [-0.39, 0.29) is 35.9 Å². The van der Waals surface area contributed by atoms with E-state index in [1.807, 2.05) is 0 Å². The van der Waals surface area contributed by atoms with E-state index in [0.29, 0.717) is 29.9 Å². The van der Waals surface area contributed by atoms with Crippen LogP contribution in [0.2, 0.25) is 5.15 Å². The lowest BCUT2D eigenvalue weighted by molar-refractivity contribution is -0.138. The fourth-order valence-electron chi connectivity index (χ4n) is 4.10. The minimum atomic E-state index is -4.53. The molecule has 1 aliphatic rings. The Hall–Kier alpha value is -2.56. The van der Waals surface area contributed by atoms with Crippen LogP contribution in [-0.2, 0) is 38.9 Å². The van der Waals surface area contributed by atoms with Gasteiger partial charge in [-0.15, -0.1) is 0 Å². The Morgan fingerprint density at radius 3 is 2.78 bits per heavy atom. The molecular formula is C21H20ClF3N4O3. The predicted octanol–water partition coefficient (Wildman–Crippen LogP) is 3.80. The Balaban J connectivity index is 1.68. The van der Waals surface area contributed by atoms with Gasteiger partial charge < -0.3 is 9.47 Å². The third kappa shape index (κ3) is 4.48. The number of carbonyl (C=O) groups is 1. The highest BCUT2D eigenvalue weighted by atomic mass is 35.5. The molecule has 0 aromatic carbocycles. The van der Waals surface area contributed by atoms with Crippen LogP contribution < -0.4 is 0 Å². The van der Waals surface area contributed by atoms with Gasteiger partial charge in [-0.3, -0.25) is 9.78 Å². The maximum atomic E-state index is 13.0. The molecule has 1 saturated heterocycles. The summed E-state index contributed by atoms with van der Waals surface area (Å²) >= 11 is 6.09. The predicted molar refractivity (Wildman–Crippen MR) is 108 cm³/mol. The quantitative estimate of drug-likeness (QED) is 0.525. The number of nitrogens with zero attached hydrogens (tertiary/aromatic N) is 4. The molecule has 0 spiro atoms. The lowest BCUT2D eigenvalue weighted by Crippen LogP contribution is -2.35. The van der Waals surface area contributed by atoms with Crippen LogP contribution >= 0.6 is 11.6 Å². The molecule has 1 unspecified atom stereocenters. The average molecular weight is 469 g/mol. The first kappa shape index (κ1) is 22.6. The van der Waals surface area contributed by atoms with Crippen LogP contribution in [0.3, 0.4) is 0 Å². The van der Waals surface area contributed by atoms with Crippen LogP contribution in [0, 0.1) is 0 Å². The molecule has 1 fully saturated rings. The normalized spacial score (nSPS) is 19.0. The third-order valence-electron chi connectivity index (χ3n) is 5.35. The first-order valence-corrected chi connectivity index (χ1v) is 10.3. The number of fused-ring (bicyclic) bond motifs is 1. The minimum Gasteiger partial charge on any atom is -0.381 e. The van der Waals surface area contributed by atoms with Crippen LogP contribution in [0.15, 0.2) is 30.7 Å². The van der Waals surface area contributed by atoms with Gasteiger partial charge in [0.25, 0.3) is 0 Å². The number of alkyl halides is 3. The lowest BCUT2D eigenvalue weighted by Gasteiger charge is -2.30. The topological polar surface area (TPSA) is 78.6 Å². The summed E-state index contributed by atoms with van der Waals surface area (Å²) in [4.78, 5) is 20.8. The summed E-state index contributed by atoms with van der Waals surface area (Å²) in [5.41, 5.74) is 0.126. The third-order valence-corrected chi connectivity index (χ3v) is 5.54. The Labute approximate surface area is 186 Å². The molecule has 1 aliphatic heterocycles. The van der Waals surface area contributed by atoms with Gasteiger partial charge in [0.1, 0.15) is 11.4 Å². The highest BCUT2D eigenvalue weighted by Gasteiger charge is 2.42. The molecule has 7 nitrogen and oxygen atoms in total. The number of halogens is 4. The zero-order valence-electron chi connectivity index (χ0n) is 17.2. The van der Waals surface area contributed by atoms with Gasteiger partial charge in [-0.1, -0.05) is 11.6 Å². The first-order chi connectivity index (χ1) is 15.2. The van der Waals surface area contributed by atoms with Crippen LogP contribution in [0.25, 0.3) is 5.65 Å². The average Bonchev–Trinajstić information content (AvgIpc) is 3.34. The summed E-state index contributed by atoms with van der Waals surface area (Å²) < 4.78 is 51.9. The smallest absolute Gasteiger partial charge is 0.381 e. The minimum absolute atomic E-state index is 0.0686. The number of rotatable bonds is 7. The maximum absolute atomic E-state index is 13.0. The van der Waals surface area contributed by atoms with Crippen molar-refractivity contribution in [3.05, 3.63) is 58.3 Å². The van der Waals surface area contributed by atoms with Gasteiger partial charge in [0.05, 0.1) is 17.9 Å². The van der Waals surface area contributed by atoms with Crippen LogP contribution in [-0.4, -0.2) is 45.7 Å². The van der Waals surface area contributed by atoms with Crippen molar-refractivity contribution in [1.29, 1.82) is 0 Å². The van der Waals surface area contributed by atoms with Gasteiger partial charge in [-0.25, -0.2) is 9.50 Å². The Morgan fingerprint density at radius 1 is 1.28 bits per heavy atom. The SMILES string of the molecule is COCC1(c2c(CC(=O)Cc3cncc(C(F)(F)F)c3)cnc3cc(Cl)nn23)CCCO1. The second-order valence-electron chi connectivity index (χ2n) is 7.72. The standard InChI is InChI=1S/C21H20ClF3N4O3/c1-31-12-20(3-2-4-32-20)19-14(10-27-18-8-17(22)28-29(18)19)7-16(30)6-13-5-15(11-26-9-13)21(23,24)25/h5,8-11H,2-4,6-7,12H2,1H3. The summed E-state index contributed by atoms with van der Waals surface area (Å²) in [6.07, 6.45) is 0.200. The summed E-state index contributed by atoms with van der Waals surface area (Å²) in [6, 6.07) is 2.54. The van der Waals surface area contributed by atoms with Gasteiger partial charge in [-0.05, 0) is 24.5 Å². The molecule has 0 aliphatic carbocycles. The molecule has 0 bridgehead atoms. The number of carbonyl (C=O) groups excluding carboxylic acids is 1. The summed E-state index contributed by atoms with van der Waals surface area (Å²) in [7, 11) is 1.56. The number of ether oxygens (including phenoxy) is 2. The Bertz CT molecular complexity index is 1140. The molecule has 170 valence electrons. The van der Waals surface area contributed by atoms with Gasteiger partial charge in [0.15, 0.2) is 10.8 Å². The highest BCUT2D eigenvalue weighted by molar-refractivity contribution is 6.29. The summed E-state index contributed by atoms with van der Waals surface area (Å²) in [6.45, 7) is 0.758. The number of hydrogen-bond donors (Lipinski definition) is 0. The van der Waals surface area contributed by atoms with Crippen molar-refractivity contribution in [2.24, 2.45) is 0 Å². The van der Waals surface area contributed by atoms with Crippen LogP contribution in [0.5, 0.6) is 0 Å². The van der Waals surface area contributed by atoms with Gasteiger partial charge in [0, 0.05) is 56.8 Å². The number of methoxy groups -OCH3 is 1. The van der Waals surface area contributed by atoms with E-state index in [2.05, 4.69) is 15.1 Å². The van der Waals surface area contributed by atoms with Crippen molar-refractivity contribution in [2.75, 3.05) is 20.3 Å². The molecule has 3 aromatic rings. The molecule has 0 saturated carbocycles. The van der Waals surface area contributed by atoms with Crippen molar-refractivity contribution in [2.45, 2.75) is 37.5 Å². The van der Waals surface area contributed by atoms with E-state index in [9.17, 15) is 18.0 Å². The van der Waals surface area contributed by atoms with E-state index in [1.165, 1.54) is 6.20 Å². The molecular weight excluding hydrogens is 449 g/mol. The first-order valence-electron chi connectivity index (χ1n) is 9.91. The lowest BCUT2D eigenvalue weighted by atomic mass is 9.90. The number of ketones is 1. The molecule has 0 amide bonds. The zero-order valence-corrected chi connectivity index (χ0v) is 17.9. The van der Waals surface area contributed by atoms with E-state index in [0.717, 1.165) is 18.7 Å². The number of aromatic nitrogens is 4. The highest BCUT2D eigenvalue weighted by Crippen LogP contribution is 2.39. The largest absolute Gasteiger partial charge is 0.417 e. The maximum Gasteiger partial charge on any atom is 0.417 e. The monoisotopic (exact) mass is 468 g/mol. The number of hydrogen-bond acceptors (Lipinski definition) is 6. The van der Waals surface area contributed by atoms with Crippen molar-refractivity contribution in [3.8, 4) is 0 Å². The van der Waals surface area contributed by atoms with E-state index in [4.69, 9.17) is 21.1 Å². The molecule has 32 heavy (non-hydrogen) atoms. The summed E-state index contributed by atoms with van der Waals surface area (Å²) in [5, 5.41) is 4.55. The summed E-state index contributed by atoms with van der Waals surface area (Å²) in [5.74, 6) is -0.294. The van der Waals surface area contributed by atoms with Gasteiger partial charge >= 0.3 is 6.18 Å². The van der Waals surface area contributed by atoms with E-state index < -0.39 is 17.3 Å². The Kier molecular flexibility index (Phi) is 6.19. The van der Waals surface area contributed by atoms with Crippen molar-refractivity contribution in [3.63, 3.8) is 0 Å². The zero-order chi connectivity index (χ0) is 22.9. The van der Waals surface area contributed by atoms with Crippen molar-refractivity contribution in [1.82, 2.24) is 19.6 Å². The molecule has 11 heteroatoms. The number of pyridine rings is 1. The van der Waals surface area contributed by atoms with Crippen molar-refractivity contribution >= 4 is 23.0 Å². The fraction of sp³-hybridized carbons (Fsp3) is 0.429. The van der Waals surface area contributed by atoms with Gasteiger partial charge in [-0.2, -0.15) is 18.3 Å². The van der Waals surface area contributed by atoms with E-state index in [1.54, 1.807) is 23.9 Å². The van der Waals surface area contributed by atoms with Crippen molar-refractivity contribution < 1.29 is 27.4 Å². The van der Waals surface area contributed by atoms with Crippen LogP contribution in [0.1, 0.15) is 35.2 Å². The van der Waals surface area contributed by atoms with E-state index >= 15 is 0 Å². The molecule has 1 atom stereocenters. The molecule has 4 heterocycles. The second kappa shape index (κ2) is 8.76. The van der Waals surface area contributed by atoms with Crippen LogP contribution in [0.4, 0.5) is 13.2 Å². The van der Waals surface area contributed by atoms with Gasteiger partial charge in [0.2, 0.25) is 0 Å². The fourth-order valence-corrected chi connectivity index (χ4v) is 4.27. The second-order valence-corrected chi connectivity index (χ2v) is 8.11. The number of Topliss-reactive ketones (excluding diaryl/α,β-unsaturated/α-hetero) is 1. The molecule has 3 aromatic heterocycles. The molecule has 0 radical (unpaired) electrons.